The molecule has 1 aliphatic rings. The van der Waals surface area contributed by atoms with Gasteiger partial charge in [0.1, 0.15) is 5.75 Å². The van der Waals surface area contributed by atoms with Crippen molar-refractivity contribution in [1.82, 2.24) is 0 Å². The van der Waals surface area contributed by atoms with Crippen LogP contribution in [-0.2, 0) is 14.3 Å². The van der Waals surface area contributed by atoms with Gasteiger partial charge in [-0.15, -0.1) is 0 Å². The lowest BCUT2D eigenvalue weighted by atomic mass is 10.0. The number of rotatable bonds is 5. The van der Waals surface area contributed by atoms with Crippen molar-refractivity contribution in [3.8, 4) is 23.7 Å². The van der Waals surface area contributed by atoms with Crippen LogP contribution < -0.4 is 4.74 Å². The van der Waals surface area contributed by atoms with Gasteiger partial charge in [-0.1, -0.05) is 37.8 Å². The summed E-state index contributed by atoms with van der Waals surface area (Å²) >= 11 is 0. The van der Waals surface area contributed by atoms with Crippen molar-refractivity contribution in [2.75, 3.05) is 13.2 Å². The number of hydrogen-bond donors (Lipinski definition) is 0. The van der Waals surface area contributed by atoms with Crippen molar-refractivity contribution >= 4 is 5.97 Å². The van der Waals surface area contributed by atoms with Crippen LogP contribution in [-0.4, -0.2) is 19.2 Å². The minimum Gasteiger partial charge on any atom is -0.417 e. The van der Waals surface area contributed by atoms with Crippen molar-refractivity contribution in [1.29, 1.82) is 5.26 Å². The molecule has 0 atom stereocenters. The van der Waals surface area contributed by atoms with E-state index >= 15 is 0 Å². The Balaban J connectivity index is 1.52. The Morgan fingerprint density at radius 3 is 2.34 bits per heavy atom. The smallest absolute Gasteiger partial charge is 0.390 e. The first-order valence-corrected chi connectivity index (χ1v) is 9.75. The van der Waals surface area contributed by atoms with Crippen molar-refractivity contribution in [2.24, 2.45) is 5.92 Å². The van der Waals surface area contributed by atoms with E-state index in [-0.39, 0.29) is 6.29 Å². The Bertz CT molecular complexity index is 909. The quantitative estimate of drug-likeness (QED) is 0.432. The van der Waals surface area contributed by atoms with Gasteiger partial charge < -0.3 is 14.2 Å². The van der Waals surface area contributed by atoms with E-state index in [9.17, 15) is 4.79 Å². The first-order chi connectivity index (χ1) is 14.2. The summed E-state index contributed by atoms with van der Waals surface area (Å²) in [7, 11) is 0. The molecule has 2 aromatic rings. The highest BCUT2D eigenvalue weighted by atomic mass is 16.7. The van der Waals surface area contributed by atoms with Gasteiger partial charge in [0, 0.05) is 23.0 Å². The molecule has 0 unspecified atom stereocenters. The number of hydrogen-bond acceptors (Lipinski definition) is 5. The molecule has 1 fully saturated rings. The number of nitriles is 1. The zero-order valence-electron chi connectivity index (χ0n) is 16.4. The summed E-state index contributed by atoms with van der Waals surface area (Å²) in [5, 5.41) is 8.77. The zero-order valence-corrected chi connectivity index (χ0v) is 16.4. The van der Waals surface area contributed by atoms with E-state index in [0.29, 0.717) is 36.0 Å². The van der Waals surface area contributed by atoms with E-state index in [1.165, 1.54) is 12.8 Å². The monoisotopic (exact) mass is 389 g/mol. The maximum absolute atomic E-state index is 11.9. The minimum atomic E-state index is -0.657. The fourth-order valence-electron chi connectivity index (χ4n) is 2.97. The van der Waals surface area contributed by atoms with Gasteiger partial charge in [0.05, 0.1) is 24.8 Å². The molecular formula is C24H23NO4. The maximum Gasteiger partial charge on any atom is 0.390 e. The van der Waals surface area contributed by atoms with Gasteiger partial charge in [0.25, 0.3) is 0 Å². The Morgan fingerprint density at radius 2 is 1.72 bits per heavy atom. The topological polar surface area (TPSA) is 68.5 Å². The van der Waals surface area contributed by atoms with Crippen LogP contribution >= 0.6 is 0 Å². The molecule has 0 amide bonds. The molecule has 1 heterocycles. The van der Waals surface area contributed by atoms with E-state index in [1.807, 2.05) is 30.3 Å². The number of ether oxygens (including phenoxy) is 3. The average Bonchev–Trinajstić information content (AvgIpc) is 2.77. The van der Waals surface area contributed by atoms with Gasteiger partial charge in [-0.05, 0) is 42.8 Å². The van der Waals surface area contributed by atoms with Crippen LogP contribution in [0.15, 0.2) is 48.5 Å². The van der Waals surface area contributed by atoms with Gasteiger partial charge in [-0.2, -0.15) is 5.26 Å². The normalized spacial score (nSPS) is 18.2. The fourth-order valence-corrected chi connectivity index (χ4v) is 2.97. The molecule has 3 rings (SSSR count). The molecule has 2 aromatic carbocycles. The predicted molar refractivity (Wildman–Crippen MR) is 108 cm³/mol. The van der Waals surface area contributed by atoms with Crippen molar-refractivity contribution in [2.45, 2.75) is 32.5 Å². The number of esters is 1. The molecule has 0 bridgehead atoms. The van der Waals surface area contributed by atoms with Gasteiger partial charge in [0.15, 0.2) is 6.29 Å². The van der Waals surface area contributed by atoms with Gasteiger partial charge in [-0.3, -0.25) is 0 Å². The van der Waals surface area contributed by atoms with Gasteiger partial charge in [0.2, 0.25) is 0 Å². The molecule has 1 aliphatic heterocycles. The summed E-state index contributed by atoms with van der Waals surface area (Å²) in [4.78, 5) is 11.9. The highest BCUT2D eigenvalue weighted by Crippen LogP contribution is 2.27. The second kappa shape index (κ2) is 10.4. The van der Waals surface area contributed by atoms with Gasteiger partial charge in [-0.25, -0.2) is 4.79 Å². The van der Waals surface area contributed by atoms with Crippen LogP contribution in [0.1, 0.15) is 49.2 Å². The number of nitrogens with zero attached hydrogens (tertiary/aromatic N) is 1. The Hall–Kier alpha value is -3.12. The molecule has 0 spiro atoms. The second-order valence-electron chi connectivity index (χ2n) is 6.90. The maximum atomic E-state index is 11.9. The third-order valence-electron chi connectivity index (χ3n) is 4.62. The molecule has 0 N–H and O–H groups in total. The molecule has 148 valence electrons. The molecule has 29 heavy (non-hydrogen) atoms. The fraction of sp³-hybridized carbons (Fsp3) is 0.333. The molecule has 0 aromatic heterocycles. The molecule has 0 saturated carbocycles. The largest absolute Gasteiger partial charge is 0.417 e. The van der Waals surface area contributed by atoms with E-state index in [2.05, 4.69) is 18.8 Å². The summed E-state index contributed by atoms with van der Waals surface area (Å²) in [5.41, 5.74) is 2.13. The SMILES string of the molecule is CCCCC1COC(c2ccc(C#CC(=O)Oc3ccc(C#N)cc3)cc2)OC1. The molecule has 0 aliphatic carbocycles. The third-order valence-corrected chi connectivity index (χ3v) is 4.62. The van der Waals surface area contributed by atoms with E-state index in [0.717, 1.165) is 12.0 Å². The first kappa shape index (κ1) is 20.6. The van der Waals surface area contributed by atoms with E-state index < -0.39 is 5.97 Å². The number of benzene rings is 2. The standard InChI is InChI=1S/C24H23NO4/c1-2-3-4-20-16-27-24(28-17-20)21-10-5-18(6-11-21)9-14-23(26)29-22-12-7-19(15-25)8-13-22/h5-8,10-13,20,24H,2-4,16-17H2,1H3. The summed E-state index contributed by atoms with van der Waals surface area (Å²) in [6, 6.07) is 15.7. The van der Waals surface area contributed by atoms with Crippen molar-refractivity contribution in [3.63, 3.8) is 0 Å². The van der Waals surface area contributed by atoms with Crippen LogP contribution in [0.3, 0.4) is 0 Å². The Morgan fingerprint density at radius 1 is 1.07 bits per heavy atom. The predicted octanol–water partition coefficient (Wildman–Crippen LogP) is 4.37. The van der Waals surface area contributed by atoms with E-state index in [4.69, 9.17) is 19.5 Å². The van der Waals surface area contributed by atoms with Crippen molar-refractivity contribution in [3.05, 3.63) is 65.2 Å². The lowest BCUT2D eigenvalue weighted by Gasteiger charge is -2.29. The Kier molecular flexibility index (Phi) is 7.41. The molecule has 1 saturated heterocycles. The van der Waals surface area contributed by atoms with Gasteiger partial charge >= 0.3 is 5.97 Å². The van der Waals surface area contributed by atoms with E-state index in [1.54, 1.807) is 24.3 Å². The number of carbonyl (C=O) groups excluding carboxylic acids is 1. The summed E-state index contributed by atoms with van der Waals surface area (Å²) in [5.74, 6) is 5.41. The highest BCUT2D eigenvalue weighted by molar-refractivity contribution is 5.90. The molecule has 5 nitrogen and oxygen atoms in total. The lowest BCUT2D eigenvalue weighted by Crippen LogP contribution is -2.27. The first-order valence-electron chi connectivity index (χ1n) is 9.75. The summed E-state index contributed by atoms with van der Waals surface area (Å²) in [6.07, 6.45) is 3.17. The molecule has 0 radical (unpaired) electrons. The van der Waals surface area contributed by atoms with Crippen LogP contribution in [0.5, 0.6) is 5.75 Å². The average molecular weight is 389 g/mol. The molecule has 5 heteroatoms. The summed E-state index contributed by atoms with van der Waals surface area (Å²) in [6.45, 7) is 3.62. The lowest BCUT2D eigenvalue weighted by molar-refractivity contribution is -0.206. The zero-order chi connectivity index (χ0) is 20.5. The molecular weight excluding hydrogens is 366 g/mol. The second-order valence-corrected chi connectivity index (χ2v) is 6.90. The number of carbonyl (C=O) groups is 1. The van der Waals surface area contributed by atoms with Crippen LogP contribution in [0.4, 0.5) is 0 Å². The van der Waals surface area contributed by atoms with Crippen LogP contribution in [0.2, 0.25) is 0 Å². The van der Waals surface area contributed by atoms with Crippen LogP contribution in [0.25, 0.3) is 0 Å². The van der Waals surface area contributed by atoms with Crippen LogP contribution in [0, 0.1) is 29.1 Å². The Labute approximate surface area is 171 Å². The minimum absolute atomic E-state index is 0.350. The summed E-state index contributed by atoms with van der Waals surface area (Å²) < 4.78 is 16.8. The van der Waals surface area contributed by atoms with Crippen molar-refractivity contribution < 1.29 is 19.0 Å². The highest BCUT2D eigenvalue weighted by Gasteiger charge is 2.23. The number of unbranched alkanes of at least 4 members (excludes halogenated alkanes) is 1. The third kappa shape index (κ3) is 6.19.